The molecule has 2 heteroatoms. The second-order valence-corrected chi connectivity index (χ2v) is 9.03. The normalized spacial score (nSPS) is 13.9. The van der Waals surface area contributed by atoms with Gasteiger partial charge in [0.25, 0.3) is 0 Å². The molecule has 0 saturated carbocycles. The maximum Gasteiger partial charge on any atom is 0.192 e. The lowest BCUT2D eigenvalue weighted by atomic mass is 10.2. The van der Waals surface area contributed by atoms with E-state index in [1.165, 1.54) is 23.7 Å². The predicted molar refractivity (Wildman–Crippen MR) is 67.2 cm³/mol. The van der Waals surface area contributed by atoms with Gasteiger partial charge in [0.1, 0.15) is 0 Å². The molecule has 0 aliphatic rings. The molecular formula is C12H26OSi. The molecule has 1 atom stereocenters. The number of hydrogen-bond acceptors (Lipinski definition) is 1. The Bertz CT molecular complexity index is 170. The van der Waals surface area contributed by atoms with E-state index < -0.39 is 8.32 Å². The minimum atomic E-state index is -1.39. The highest BCUT2D eigenvalue weighted by atomic mass is 28.4. The van der Waals surface area contributed by atoms with E-state index in [1.54, 1.807) is 0 Å². The largest absolute Gasteiger partial charge is 0.411 e. The van der Waals surface area contributed by atoms with Crippen molar-refractivity contribution in [3.8, 4) is 0 Å². The van der Waals surface area contributed by atoms with E-state index in [-0.39, 0.29) is 0 Å². The van der Waals surface area contributed by atoms with E-state index >= 15 is 0 Å². The summed E-state index contributed by atoms with van der Waals surface area (Å²) in [4.78, 5) is 0. The van der Waals surface area contributed by atoms with Crippen LogP contribution >= 0.6 is 0 Å². The van der Waals surface area contributed by atoms with Crippen LogP contribution in [0.2, 0.25) is 18.1 Å². The average molecular weight is 214 g/mol. The lowest BCUT2D eigenvalue weighted by molar-refractivity contribution is 0.251. The first-order chi connectivity index (χ1) is 6.49. The molecule has 0 bridgehead atoms. The van der Waals surface area contributed by atoms with E-state index in [2.05, 4.69) is 47.6 Å². The standard InChI is InChI=1S/C12H26OSi/c1-7-14(8-2,9-3)13-12(6)10-11(4)5/h10,12H,7-9H2,1-6H3. The first-order valence-corrected chi connectivity index (χ1v) is 8.35. The molecule has 0 radical (unpaired) electrons. The van der Waals surface area contributed by atoms with Crippen molar-refractivity contribution in [1.29, 1.82) is 0 Å². The Morgan fingerprint density at radius 1 is 1.14 bits per heavy atom. The fourth-order valence-corrected chi connectivity index (χ4v) is 4.75. The molecule has 0 heterocycles. The van der Waals surface area contributed by atoms with Crippen LogP contribution < -0.4 is 0 Å². The third-order valence-corrected chi connectivity index (χ3v) is 7.67. The molecule has 0 aromatic rings. The lowest BCUT2D eigenvalue weighted by Crippen LogP contribution is -2.38. The van der Waals surface area contributed by atoms with Gasteiger partial charge in [0.05, 0.1) is 6.10 Å². The first-order valence-electron chi connectivity index (χ1n) is 5.82. The molecule has 0 amide bonds. The van der Waals surface area contributed by atoms with Gasteiger partial charge >= 0.3 is 0 Å². The third-order valence-electron chi connectivity index (χ3n) is 2.94. The van der Waals surface area contributed by atoms with Crippen molar-refractivity contribution in [2.75, 3.05) is 0 Å². The summed E-state index contributed by atoms with van der Waals surface area (Å²) in [5.41, 5.74) is 1.35. The SMILES string of the molecule is CC[Si](CC)(CC)OC(C)C=C(C)C. The molecule has 0 aliphatic heterocycles. The molecule has 0 N–H and O–H groups in total. The minimum Gasteiger partial charge on any atom is -0.411 e. The first kappa shape index (κ1) is 13.9. The molecule has 0 aliphatic carbocycles. The second-order valence-electron chi connectivity index (χ2n) is 4.31. The molecular weight excluding hydrogens is 188 g/mol. The van der Waals surface area contributed by atoms with Gasteiger partial charge in [-0.3, -0.25) is 0 Å². The van der Waals surface area contributed by atoms with Gasteiger partial charge in [-0.25, -0.2) is 0 Å². The number of allylic oxidation sites excluding steroid dienone is 1. The van der Waals surface area contributed by atoms with Gasteiger partial charge in [-0.1, -0.05) is 32.4 Å². The molecule has 1 nitrogen and oxygen atoms in total. The van der Waals surface area contributed by atoms with E-state index in [0.717, 1.165) is 0 Å². The smallest absolute Gasteiger partial charge is 0.192 e. The van der Waals surface area contributed by atoms with Crippen molar-refractivity contribution in [3.05, 3.63) is 11.6 Å². The topological polar surface area (TPSA) is 9.23 Å². The highest BCUT2D eigenvalue weighted by Gasteiger charge is 2.29. The van der Waals surface area contributed by atoms with Gasteiger partial charge in [0.2, 0.25) is 0 Å². The Kier molecular flexibility index (Phi) is 6.37. The monoisotopic (exact) mass is 214 g/mol. The van der Waals surface area contributed by atoms with Gasteiger partial charge in [0, 0.05) is 0 Å². The summed E-state index contributed by atoms with van der Waals surface area (Å²) < 4.78 is 6.26. The van der Waals surface area contributed by atoms with Crippen LogP contribution in [-0.2, 0) is 4.43 Å². The van der Waals surface area contributed by atoms with Crippen molar-refractivity contribution in [2.24, 2.45) is 0 Å². The van der Waals surface area contributed by atoms with Gasteiger partial charge < -0.3 is 4.43 Å². The van der Waals surface area contributed by atoms with E-state index in [0.29, 0.717) is 6.10 Å². The second kappa shape index (κ2) is 6.41. The van der Waals surface area contributed by atoms with Crippen LogP contribution in [0.1, 0.15) is 41.5 Å². The minimum absolute atomic E-state index is 0.298. The van der Waals surface area contributed by atoms with Crippen LogP contribution in [0, 0.1) is 0 Å². The fourth-order valence-electron chi connectivity index (χ4n) is 1.90. The third kappa shape index (κ3) is 4.42. The summed E-state index contributed by atoms with van der Waals surface area (Å²) in [6, 6.07) is 3.71. The van der Waals surface area contributed by atoms with Gasteiger partial charge in [0.15, 0.2) is 8.32 Å². The Balaban J connectivity index is 4.37. The Hall–Kier alpha value is -0.0831. The van der Waals surface area contributed by atoms with Crippen LogP contribution in [-0.4, -0.2) is 14.4 Å². The zero-order valence-corrected chi connectivity index (χ0v) is 11.7. The summed E-state index contributed by atoms with van der Waals surface area (Å²) in [6.45, 7) is 13.2. The summed E-state index contributed by atoms with van der Waals surface area (Å²) in [7, 11) is -1.39. The van der Waals surface area contributed by atoms with Gasteiger partial charge in [-0.15, -0.1) is 0 Å². The predicted octanol–water partition coefficient (Wildman–Crippen LogP) is 4.36. The van der Waals surface area contributed by atoms with Crippen LogP contribution in [0.25, 0.3) is 0 Å². The summed E-state index contributed by atoms with van der Waals surface area (Å²) >= 11 is 0. The summed E-state index contributed by atoms with van der Waals surface area (Å²) in [6.07, 6.45) is 2.52. The maximum atomic E-state index is 6.26. The van der Waals surface area contributed by atoms with Crippen LogP contribution in [0.5, 0.6) is 0 Å². The van der Waals surface area contributed by atoms with Crippen molar-refractivity contribution in [2.45, 2.75) is 65.8 Å². The molecule has 0 aromatic heterocycles. The van der Waals surface area contributed by atoms with Gasteiger partial charge in [-0.2, -0.15) is 0 Å². The van der Waals surface area contributed by atoms with Gasteiger partial charge in [-0.05, 0) is 38.9 Å². The quantitative estimate of drug-likeness (QED) is 0.471. The molecule has 84 valence electrons. The van der Waals surface area contributed by atoms with Crippen LogP contribution in [0.4, 0.5) is 0 Å². The zero-order chi connectivity index (χ0) is 11.2. The Morgan fingerprint density at radius 2 is 1.57 bits per heavy atom. The molecule has 1 unspecified atom stereocenters. The lowest BCUT2D eigenvalue weighted by Gasteiger charge is -2.30. The van der Waals surface area contributed by atoms with E-state index in [4.69, 9.17) is 4.43 Å². The zero-order valence-electron chi connectivity index (χ0n) is 10.7. The maximum absolute atomic E-state index is 6.26. The number of hydrogen-bond donors (Lipinski definition) is 0. The van der Waals surface area contributed by atoms with Crippen LogP contribution in [0.3, 0.4) is 0 Å². The van der Waals surface area contributed by atoms with E-state index in [9.17, 15) is 0 Å². The fraction of sp³-hybridized carbons (Fsp3) is 0.833. The highest BCUT2D eigenvalue weighted by molar-refractivity contribution is 6.73. The van der Waals surface area contributed by atoms with Crippen LogP contribution in [0.15, 0.2) is 11.6 Å². The van der Waals surface area contributed by atoms with E-state index in [1.807, 2.05) is 0 Å². The van der Waals surface area contributed by atoms with Crippen molar-refractivity contribution < 1.29 is 4.43 Å². The summed E-state index contributed by atoms with van der Waals surface area (Å²) in [5.74, 6) is 0. The molecule has 0 spiro atoms. The Labute approximate surface area is 90.7 Å². The molecule has 14 heavy (non-hydrogen) atoms. The molecule has 0 aromatic carbocycles. The average Bonchev–Trinajstić information content (AvgIpc) is 2.13. The highest BCUT2D eigenvalue weighted by Crippen LogP contribution is 2.23. The number of rotatable bonds is 6. The molecule has 0 saturated heterocycles. The molecule has 0 fully saturated rings. The summed E-state index contributed by atoms with van der Waals surface area (Å²) in [5, 5.41) is 0. The van der Waals surface area contributed by atoms with Crippen molar-refractivity contribution in [1.82, 2.24) is 0 Å². The van der Waals surface area contributed by atoms with Crippen molar-refractivity contribution in [3.63, 3.8) is 0 Å². The van der Waals surface area contributed by atoms with Crippen molar-refractivity contribution >= 4 is 8.32 Å². The Morgan fingerprint density at radius 3 is 1.86 bits per heavy atom. The molecule has 0 rings (SSSR count).